The Hall–Kier alpha value is -2.73. The minimum absolute atomic E-state index is 0.0145. The van der Waals surface area contributed by atoms with E-state index >= 15 is 0 Å². The van der Waals surface area contributed by atoms with Crippen LogP contribution in [-0.2, 0) is 11.2 Å². The van der Waals surface area contributed by atoms with E-state index in [1.807, 2.05) is 52.0 Å². The number of thiocarbonyl (C=S) groups is 1. The lowest BCUT2D eigenvalue weighted by Gasteiger charge is -2.12. The van der Waals surface area contributed by atoms with Crippen LogP contribution >= 0.6 is 12.2 Å². The number of nitrogens with zero attached hydrogens (tertiary/aromatic N) is 1. The van der Waals surface area contributed by atoms with Crippen molar-refractivity contribution in [3.63, 3.8) is 0 Å². The molecule has 0 saturated heterocycles. The highest BCUT2D eigenvalue weighted by Gasteiger charge is 2.21. The van der Waals surface area contributed by atoms with Gasteiger partial charge in [0.2, 0.25) is 5.91 Å². The molecule has 0 aliphatic carbocycles. The summed E-state index contributed by atoms with van der Waals surface area (Å²) in [5, 5.41) is 13.4. The Labute approximate surface area is 169 Å². The van der Waals surface area contributed by atoms with Crippen molar-refractivity contribution in [1.29, 1.82) is 0 Å². The first-order chi connectivity index (χ1) is 13.2. The zero-order valence-electron chi connectivity index (χ0n) is 16.3. The third-order valence-electron chi connectivity index (χ3n) is 4.69. The van der Waals surface area contributed by atoms with Gasteiger partial charge in [0, 0.05) is 28.8 Å². The zero-order valence-corrected chi connectivity index (χ0v) is 17.2. The van der Waals surface area contributed by atoms with Crippen molar-refractivity contribution in [1.82, 2.24) is 9.88 Å². The number of aryl methyl sites for hydroxylation is 1. The number of halogens is 1. The fourth-order valence-electron chi connectivity index (χ4n) is 3.33. The normalized spacial score (nSPS) is 11.2. The highest BCUT2D eigenvalue weighted by atomic mass is 32.1. The van der Waals surface area contributed by atoms with Crippen LogP contribution < -0.4 is 5.32 Å². The van der Waals surface area contributed by atoms with Crippen LogP contribution in [0.15, 0.2) is 36.4 Å². The maximum Gasteiger partial charge on any atom is 0.224 e. The Kier molecular flexibility index (Phi) is 5.52. The van der Waals surface area contributed by atoms with Gasteiger partial charge in [0.25, 0.3) is 0 Å². The number of phenolic OH excluding ortho intramolecular Hbond substituents is 1. The summed E-state index contributed by atoms with van der Waals surface area (Å²) in [6.07, 6.45) is 0.120. The van der Waals surface area contributed by atoms with Crippen molar-refractivity contribution in [2.24, 2.45) is 0 Å². The largest absolute Gasteiger partial charge is 0.505 e. The molecule has 1 amide bonds. The predicted octanol–water partition coefficient (Wildman–Crippen LogP) is 4.39. The van der Waals surface area contributed by atoms with Gasteiger partial charge in [0.15, 0.2) is 11.6 Å². The monoisotopic (exact) mass is 398 g/mol. The molecule has 28 heavy (non-hydrogen) atoms. The molecule has 3 rings (SSSR count). The van der Waals surface area contributed by atoms with Crippen molar-refractivity contribution < 1.29 is 14.3 Å². The molecule has 1 aromatic heterocycles. The van der Waals surface area contributed by atoms with E-state index in [9.17, 15) is 14.3 Å². The van der Waals surface area contributed by atoms with Gasteiger partial charge in [0.05, 0.1) is 11.9 Å². The first-order valence-corrected chi connectivity index (χ1v) is 9.53. The van der Waals surface area contributed by atoms with Crippen LogP contribution in [-0.4, -0.2) is 26.6 Å². The second-order valence-corrected chi connectivity index (χ2v) is 7.68. The molecule has 0 radical (unpaired) electrons. The maximum atomic E-state index is 14.1. The van der Waals surface area contributed by atoms with Gasteiger partial charge in [-0.25, -0.2) is 4.39 Å². The lowest BCUT2D eigenvalue weighted by atomic mass is 10.1. The summed E-state index contributed by atoms with van der Waals surface area (Å²) in [5.41, 5.74) is 3.95. The van der Waals surface area contributed by atoms with Crippen LogP contribution in [0.1, 0.15) is 36.2 Å². The molecule has 1 heterocycles. The molecule has 3 aromatic rings. The molecule has 2 aromatic carbocycles. The Morgan fingerprint density at radius 1 is 1.21 bits per heavy atom. The molecule has 0 atom stereocenters. The highest BCUT2D eigenvalue weighted by molar-refractivity contribution is 7.80. The minimum atomic E-state index is -0.726. The van der Waals surface area contributed by atoms with Crippen molar-refractivity contribution in [2.75, 3.05) is 0 Å². The van der Waals surface area contributed by atoms with Gasteiger partial charge in [-0.3, -0.25) is 4.79 Å². The average Bonchev–Trinajstić information content (AvgIpc) is 2.86. The van der Waals surface area contributed by atoms with Gasteiger partial charge in [0.1, 0.15) is 4.99 Å². The molecule has 6 heteroatoms. The third-order valence-corrected chi connectivity index (χ3v) is 5.11. The van der Waals surface area contributed by atoms with Gasteiger partial charge in [-0.05, 0) is 39.3 Å². The van der Waals surface area contributed by atoms with Gasteiger partial charge in [-0.1, -0.05) is 42.0 Å². The van der Waals surface area contributed by atoms with E-state index in [1.54, 1.807) is 4.57 Å². The number of amides is 1. The van der Waals surface area contributed by atoms with E-state index < -0.39 is 11.6 Å². The Bertz CT molecular complexity index is 1070. The summed E-state index contributed by atoms with van der Waals surface area (Å²) in [6, 6.07) is 10.4. The first kappa shape index (κ1) is 20.0. The average molecular weight is 399 g/mol. The van der Waals surface area contributed by atoms with Crippen LogP contribution in [0.4, 0.5) is 4.39 Å². The fourth-order valence-corrected chi connectivity index (χ4v) is 3.70. The Morgan fingerprint density at radius 2 is 1.86 bits per heavy atom. The summed E-state index contributed by atoms with van der Waals surface area (Å²) in [4.78, 5) is 12.9. The highest BCUT2D eigenvalue weighted by Crippen LogP contribution is 2.32. The number of fused-ring (bicyclic) bond motifs is 1. The van der Waals surface area contributed by atoms with Crippen LogP contribution in [0.2, 0.25) is 0 Å². The third kappa shape index (κ3) is 3.78. The Morgan fingerprint density at radius 3 is 2.46 bits per heavy atom. The molecule has 4 nitrogen and oxygen atoms in total. The number of carbonyl (C=O) groups is 1. The lowest BCUT2D eigenvalue weighted by Crippen LogP contribution is -2.31. The molecule has 0 spiro atoms. The number of carbonyl (C=O) groups excluding carboxylic acids is 1. The van der Waals surface area contributed by atoms with Crippen LogP contribution in [0.5, 0.6) is 5.75 Å². The van der Waals surface area contributed by atoms with Gasteiger partial charge >= 0.3 is 0 Å². The quantitative estimate of drug-likeness (QED) is 0.641. The SMILES string of the molecule is Cc1ccc(C(=S)n2c(C)c(CC(=O)NC(C)C)c3cc(O)c(F)cc32)cc1. The summed E-state index contributed by atoms with van der Waals surface area (Å²) in [5.74, 6) is -1.31. The molecular weight excluding hydrogens is 375 g/mol. The molecular formula is C22H23FN2O2S. The molecule has 0 bridgehead atoms. The molecule has 0 aliphatic heterocycles. The van der Waals surface area contributed by atoms with Crippen LogP contribution in [0.25, 0.3) is 10.9 Å². The van der Waals surface area contributed by atoms with Gasteiger partial charge < -0.3 is 15.0 Å². The van der Waals surface area contributed by atoms with Crippen LogP contribution in [0, 0.1) is 19.7 Å². The lowest BCUT2D eigenvalue weighted by molar-refractivity contribution is -0.120. The van der Waals surface area contributed by atoms with Crippen molar-refractivity contribution >= 4 is 34.0 Å². The van der Waals surface area contributed by atoms with Crippen molar-refractivity contribution in [2.45, 2.75) is 40.2 Å². The van der Waals surface area contributed by atoms with E-state index in [2.05, 4.69) is 5.32 Å². The number of phenols is 1. The second kappa shape index (κ2) is 7.72. The number of aromatic hydroxyl groups is 1. The number of hydrogen-bond acceptors (Lipinski definition) is 3. The molecule has 0 saturated carbocycles. The second-order valence-electron chi connectivity index (χ2n) is 7.29. The number of aromatic nitrogens is 1. The minimum Gasteiger partial charge on any atom is -0.505 e. The zero-order chi connectivity index (χ0) is 20.6. The summed E-state index contributed by atoms with van der Waals surface area (Å²) in [6.45, 7) is 7.63. The van der Waals surface area contributed by atoms with E-state index in [4.69, 9.17) is 12.2 Å². The van der Waals surface area contributed by atoms with Crippen molar-refractivity contribution in [3.8, 4) is 5.75 Å². The number of nitrogens with one attached hydrogen (secondary N) is 1. The van der Waals surface area contributed by atoms with E-state index in [1.165, 1.54) is 12.1 Å². The molecule has 146 valence electrons. The summed E-state index contributed by atoms with van der Waals surface area (Å²) < 4.78 is 15.9. The standard InChI is InChI=1S/C22H23FN2O2S/c1-12(2)24-21(27)10-16-14(4)25(19-11-18(23)20(26)9-17(16)19)22(28)15-7-5-13(3)6-8-15/h5-9,11-12,26H,10H2,1-4H3,(H,24,27). The first-order valence-electron chi connectivity index (χ1n) is 9.12. The maximum absolute atomic E-state index is 14.1. The predicted molar refractivity (Wildman–Crippen MR) is 114 cm³/mol. The van der Waals surface area contributed by atoms with Crippen molar-refractivity contribution in [3.05, 3.63) is 64.6 Å². The van der Waals surface area contributed by atoms with Gasteiger partial charge in [-0.2, -0.15) is 0 Å². The van der Waals surface area contributed by atoms with E-state index in [0.717, 1.165) is 22.4 Å². The summed E-state index contributed by atoms with van der Waals surface area (Å²) in [7, 11) is 0. The number of rotatable bonds is 4. The fraction of sp³-hybridized carbons (Fsp3) is 0.273. The molecule has 0 fully saturated rings. The Balaban J connectivity index is 2.18. The molecule has 0 unspecified atom stereocenters. The number of benzene rings is 2. The topological polar surface area (TPSA) is 54.3 Å². The van der Waals surface area contributed by atoms with E-state index in [-0.39, 0.29) is 18.4 Å². The molecule has 0 aliphatic rings. The van der Waals surface area contributed by atoms with E-state index in [0.29, 0.717) is 15.9 Å². The van der Waals surface area contributed by atoms with Crippen LogP contribution in [0.3, 0.4) is 0 Å². The van der Waals surface area contributed by atoms with Gasteiger partial charge in [-0.15, -0.1) is 0 Å². The summed E-state index contributed by atoms with van der Waals surface area (Å²) >= 11 is 5.70. The number of hydrogen-bond donors (Lipinski definition) is 2. The smallest absolute Gasteiger partial charge is 0.224 e. The molecule has 2 N–H and O–H groups in total.